The third-order valence-corrected chi connectivity index (χ3v) is 4.95. The van der Waals surface area contributed by atoms with Gasteiger partial charge >= 0.3 is 0 Å². The van der Waals surface area contributed by atoms with E-state index in [0.717, 1.165) is 9.87 Å². The summed E-state index contributed by atoms with van der Waals surface area (Å²) in [7, 11) is -2.30. The Kier molecular flexibility index (Phi) is 4.59. The molecular formula is C15H17FN2O2S. The summed E-state index contributed by atoms with van der Waals surface area (Å²) in [5.74, 6) is -0.759. The Morgan fingerprint density at radius 3 is 2.19 bits per heavy atom. The van der Waals surface area contributed by atoms with E-state index >= 15 is 0 Å². The third-order valence-electron chi connectivity index (χ3n) is 3.22. The summed E-state index contributed by atoms with van der Waals surface area (Å²) in [4.78, 5) is 0. The van der Waals surface area contributed by atoms with Crippen LogP contribution in [0.5, 0.6) is 0 Å². The minimum Gasteiger partial charge on any atom is -0.326 e. The lowest BCUT2D eigenvalue weighted by Crippen LogP contribution is -2.28. The fourth-order valence-electron chi connectivity index (χ4n) is 1.94. The van der Waals surface area contributed by atoms with Crippen LogP contribution in [0.15, 0.2) is 48.5 Å². The van der Waals surface area contributed by atoms with Crippen molar-refractivity contribution < 1.29 is 12.8 Å². The van der Waals surface area contributed by atoms with Crippen LogP contribution < -0.4 is 10.0 Å². The van der Waals surface area contributed by atoms with Crippen molar-refractivity contribution in [1.29, 1.82) is 0 Å². The summed E-state index contributed by atoms with van der Waals surface area (Å²) in [6.07, 6.45) is 0. The van der Waals surface area contributed by atoms with E-state index in [0.29, 0.717) is 12.1 Å². The maximum Gasteiger partial charge on any atom is 0.239 e. The van der Waals surface area contributed by atoms with Crippen LogP contribution in [0.3, 0.4) is 0 Å². The number of sulfonamides is 1. The summed E-state index contributed by atoms with van der Waals surface area (Å²) < 4.78 is 39.3. The molecule has 112 valence electrons. The second-order valence-corrected chi connectivity index (χ2v) is 6.70. The van der Waals surface area contributed by atoms with Gasteiger partial charge in [-0.05, 0) is 23.3 Å². The molecule has 2 aromatic carbocycles. The van der Waals surface area contributed by atoms with Crippen molar-refractivity contribution in [1.82, 2.24) is 0 Å². The number of nitrogens with zero attached hydrogens (tertiary/aromatic N) is 1. The average molecular weight is 308 g/mol. The number of anilines is 1. The molecule has 0 radical (unpaired) electrons. The van der Waals surface area contributed by atoms with E-state index in [4.69, 9.17) is 5.73 Å². The van der Waals surface area contributed by atoms with Gasteiger partial charge in [0, 0.05) is 13.6 Å². The van der Waals surface area contributed by atoms with Gasteiger partial charge in [-0.2, -0.15) is 0 Å². The normalized spacial score (nSPS) is 11.4. The molecule has 0 saturated carbocycles. The standard InChI is InChI=1S/C15H17FN2O2S/c1-18(15-5-3-2-4-14(15)16)21(19,20)11-13-8-6-12(10-17)7-9-13/h2-9H,10-11,17H2,1H3. The average Bonchev–Trinajstić information content (AvgIpc) is 2.47. The molecule has 4 nitrogen and oxygen atoms in total. The Balaban J connectivity index is 2.23. The van der Waals surface area contributed by atoms with Crippen LogP contribution in [0.2, 0.25) is 0 Å². The van der Waals surface area contributed by atoms with E-state index in [1.54, 1.807) is 30.3 Å². The maximum atomic E-state index is 13.7. The van der Waals surface area contributed by atoms with Crippen LogP contribution >= 0.6 is 0 Å². The molecule has 21 heavy (non-hydrogen) atoms. The smallest absolute Gasteiger partial charge is 0.239 e. The number of rotatable bonds is 5. The molecule has 0 spiro atoms. The van der Waals surface area contributed by atoms with Gasteiger partial charge < -0.3 is 5.73 Å². The fourth-order valence-corrected chi connectivity index (χ4v) is 3.19. The molecule has 0 aliphatic rings. The van der Waals surface area contributed by atoms with Crippen molar-refractivity contribution in [3.05, 3.63) is 65.5 Å². The van der Waals surface area contributed by atoms with E-state index in [1.165, 1.54) is 25.2 Å². The molecule has 0 saturated heterocycles. The van der Waals surface area contributed by atoms with E-state index in [2.05, 4.69) is 0 Å². The number of para-hydroxylation sites is 1. The minimum atomic E-state index is -3.65. The molecule has 2 rings (SSSR count). The lowest BCUT2D eigenvalue weighted by Gasteiger charge is -2.20. The lowest BCUT2D eigenvalue weighted by atomic mass is 10.1. The SMILES string of the molecule is CN(c1ccccc1F)S(=O)(=O)Cc1ccc(CN)cc1. The van der Waals surface area contributed by atoms with Crippen LogP contribution in [0.4, 0.5) is 10.1 Å². The van der Waals surface area contributed by atoms with Gasteiger partial charge in [0.1, 0.15) is 5.82 Å². The molecule has 0 atom stereocenters. The lowest BCUT2D eigenvalue weighted by molar-refractivity contribution is 0.589. The Labute approximate surface area is 124 Å². The number of benzene rings is 2. The first-order valence-corrected chi connectivity index (χ1v) is 8.04. The second-order valence-electron chi connectivity index (χ2n) is 4.70. The van der Waals surface area contributed by atoms with E-state index in [9.17, 15) is 12.8 Å². The highest BCUT2D eigenvalue weighted by molar-refractivity contribution is 7.92. The molecular weight excluding hydrogens is 291 g/mol. The van der Waals surface area contributed by atoms with Crippen LogP contribution in [0, 0.1) is 5.82 Å². The van der Waals surface area contributed by atoms with Gasteiger partial charge in [-0.3, -0.25) is 4.31 Å². The Morgan fingerprint density at radius 2 is 1.62 bits per heavy atom. The van der Waals surface area contributed by atoms with Gasteiger partial charge in [0.2, 0.25) is 10.0 Å². The zero-order chi connectivity index (χ0) is 15.5. The number of hydrogen-bond donors (Lipinski definition) is 1. The summed E-state index contributed by atoms with van der Waals surface area (Å²) in [6.45, 7) is 0.405. The minimum absolute atomic E-state index is 0.0380. The van der Waals surface area contributed by atoms with E-state index in [1.807, 2.05) is 0 Å². The van der Waals surface area contributed by atoms with Crippen molar-refractivity contribution in [3.8, 4) is 0 Å². The Bertz CT molecular complexity index is 715. The van der Waals surface area contributed by atoms with Gasteiger partial charge in [-0.25, -0.2) is 12.8 Å². The molecule has 0 unspecified atom stereocenters. The van der Waals surface area contributed by atoms with Gasteiger partial charge in [0.25, 0.3) is 0 Å². The summed E-state index contributed by atoms with van der Waals surface area (Å²) >= 11 is 0. The molecule has 0 amide bonds. The van der Waals surface area contributed by atoms with Crippen LogP contribution in [0.25, 0.3) is 0 Å². The Hall–Kier alpha value is -1.92. The quantitative estimate of drug-likeness (QED) is 0.921. The molecule has 2 aromatic rings. The largest absolute Gasteiger partial charge is 0.326 e. The Morgan fingerprint density at radius 1 is 1.05 bits per heavy atom. The number of halogens is 1. The molecule has 0 heterocycles. The van der Waals surface area contributed by atoms with Gasteiger partial charge in [0.05, 0.1) is 11.4 Å². The molecule has 0 aromatic heterocycles. The van der Waals surface area contributed by atoms with Crippen molar-refractivity contribution in [3.63, 3.8) is 0 Å². The van der Waals surface area contributed by atoms with Crippen LogP contribution in [0.1, 0.15) is 11.1 Å². The molecule has 0 aliphatic carbocycles. The predicted molar refractivity (Wildman–Crippen MR) is 81.8 cm³/mol. The molecule has 0 fully saturated rings. The van der Waals surface area contributed by atoms with Crippen molar-refractivity contribution in [2.45, 2.75) is 12.3 Å². The molecule has 6 heteroatoms. The summed E-state index contributed by atoms with van der Waals surface area (Å²) in [6, 6.07) is 12.8. The van der Waals surface area contributed by atoms with E-state index in [-0.39, 0.29) is 11.4 Å². The van der Waals surface area contributed by atoms with Crippen molar-refractivity contribution in [2.24, 2.45) is 5.73 Å². The number of nitrogens with two attached hydrogens (primary N) is 1. The topological polar surface area (TPSA) is 63.4 Å². The molecule has 0 bridgehead atoms. The number of hydrogen-bond acceptors (Lipinski definition) is 3. The zero-order valence-electron chi connectivity index (χ0n) is 11.7. The van der Waals surface area contributed by atoms with Gasteiger partial charge in [0.15, 0.2) is 0 Å². The highest BCUT2D eigenvalue weighted by Gasteiger charge is 2.21. The first kappa shape index (κ1) is 15.5. The van der Waals surface area contributed by atoms with Gasteiger partial charge in [-0.15, -0.1) is 0 Å². The molecule has 0 aliphatic heterocycles. The summed E-state index contributed by atoms with van der Waals surface area (Å²) in [5.41, 5.74) is 7.10. The first-order chi connectivity index (χ1) is 9.94. The molecule has 2 N–H and O–H groups in total. The van der Waals surface area contributed by atoms with Gasteiger partial charge in [-0.1, -0.05) is 36.4 Å². The third kappa shape index (κ3) is 3.59. The predicted octanol–water partition coefficient (Wildman–Crippen LogP) is 2.25. The van der Waals surface area contributed by atoms with Crippen molar-refractivity contribution >= 4 is 15.7 Å². The summed E-state index contributed by atoms with van der Waals surface area (Å²) in [5, 5.41) is 0. The second kappa shape index (κ2) is 6.24. The van der Waals surface area contributed by atoms with Crippen LogP contribution in [-0.4, -0.2) is 15.5 Å². The first-order valence-electron chi connectivity index (χ1n) is 6.43. The van der Waals surface area contributed by atoms with Crippen LogP contribution in [-0.2, 0) is 22.3 Å². The fraction of sp³-hybridized carbons (Fsp3) is 0.200. The van der Waals surface area contributed by atoms with E-state index < -0.39 is 15.8 Å². The maximum absolute atomic E-state index is 13.7. The van der Waals surface area contributed by atoms with Crippen molar-refractivity contribution in [2.75, 3.05) is 11.4 Å². The monoisotopic (exact) mass is 308 g/mol. The highest BCUT2D eigenvalue weighted by Crippen LogP contribution is 2.22. The highest BCUT2D eigenvalue weighted by atomic mass is 32.2. The zero-order valence-corrected chi connectivity index (χ0v) is 12.5.